The predicted octanol–water partition coefficient (Wildman–Crippen LogP) is 1.89. The number of hydrogen-bond donors (Lipinski definition) is 0. The van der Waals surface area contributed by atoms with Crippen LogP contribution in [0.3, 0.4) is 0 Å². The van der Waals surface area contributed by atoms with Crippen molar-refractivity contribution in [1.29, 1.82) is 0 Å². The van der Waals surface area contributed by atoms with E-state index in [1.165, 1.54) is 24.5 Å². The molecule has 0 aromatic carbocycles. The van der Waals surface area contributed by atoms with Crippen molar-refractivity contribution in [2.75, 3.05) is 11.4 Å². The molecule has 6 nitrogen and oxygen atoms in total. The van der Waals surface area contributed by atoms with Crippen LogP contribution in [0, 0.1) is 10.1 Å². The Morgan fingerprint density at radius 2 is 2.25 bits per heavy atom. The molecule has 0 bridgehead atoms. The first-order valence-corrected chi connectivity index (χ1v) is 4.88. The summed E-state index contributed by atoms with van der Waals surface area (Å²) in [7, 11) is 1.87. The molecule has 86 valence electrons. The predicted molar refractivity (Wildman–Crippen MR) is 68.2 cm³/mol. The van der Waals surface area contributed by atoms with Gasteiger partial charge in [-0.15, -0.1) is 0 Å². The third kappa shape index (κ3) is 2.39. The van der Waals surface area contributed by atoms with Crippen LogP contribution in [0.1, 0.15) is 0 Å². The first kappa shape index (κ1) is 12.7. The summed E-state index contributed by atoms with van der Waals surface area (Å²) in [6.07, 6.45) is 6.39. The van der Waals surface area contributed by atoms with Crippen molar-refractivity contribution >= 4 is 37.0 Å². The highest BCUT2D eigenvalue weighted by atomic mass is 32.2. The molecule has 2 rings (SSSR count). The highest BCUT2D eigenvalue weighted by Crippen LogP contribution is 2.35. The Hall–Kier alpha value is -1.41. The van der Waals surface area contributed by atoms with Crippen molar-refractivity contribution in [2.45, 2.75) is 0 Å². The van der Waals surface area contributed by atoms with Crippen molar-refractivity contribution in [2.24, 2.45) is 0 Å². The van der Waals surface area contributed by atoms with Crippen LogP contribution >= 0.6 is 25.6 Å². The maximum atomic E-state index is 10.8. The van der Waals surface area contributed by atoms with E-state index in [1.54, 1.807) is 16.6 Å². The quantitative estimate of drug-likeness (QED) is 0.458. The Kier molecular flexibility index (Phi) is 4.02. The molecule has 0 saturated heterocycles. The van der Waals surface area contributed by atoms with Gasteiger partial charge in [0.25, 0.3) is 0 Å². The minimum atomic E-state index is -0.435. The first-order chi connectivity index (χ1) is 7.18. The van der Waals surface area contributed by atoms with Crippen LogP contribution in [-0.4, -0.2) is 21.3 Å². The Labute approximate surface area is 104 Å². The zero-order chi connectivity index (χ0) is 10.8. The average molecular weight is 258 g/mol. The van der Waals surface area contributed by atoms with Crippen molar-refractivity contribution in [3.63, 3.8) is 0 Å². The van der Waals surface area contributed by atoms with Crippen LogP contribution in [0.2, 0.25) is 0 Å². The fraction of sp³-hybridized carbons (Fsp3) is 0.125. The molecule has 1 aromatic heterocycles. The lowest BCUT2D eigenvalue weighted by molar-refractivity contribution is -0.384. The standard InChI is InChI=1S/C8H8N4O2S.H2S/c1-10-4-5-11(15-10)7-2-3-9-6-8(7)12(13)14;/h2-6H,1H3;1H2. The minimum Gasteiger partial charge on any atom is -0.307 e. The number of pyridine rings is 1. The smallest absolute Gasteiger partial charge is 0.307 e. The molecule has 1 aliphatic heterocycles. The normalized spacial score (nSPS) is 13.8. The van der Waals surface area contributed by atoms with Gasteiger partial charge in [0, 0.05) is 25.6 Å². The molecule has 2 heterocycles. The molecule has 8 heteroatoms. The number of rotatable bonds is 2. The molecule has 0 spiro atoms. The lowest BCUT2D eigenvalue weighted by Gasteiger charge is -2.15. The van der Waals surface area contributed by atoms with E-state index in [9.17, 15) is 10.1 Å². The highest BCUT2D eigenvalue weighted by Gasteiger charge is 2.21. The topological polar surface area (TPSA) is 62.5 Å². The molecule has 1 aromatic rings. The highest BCUT2D eigenvalue weighted by molar-refractivity contribution is 7.98. The lowest BCUT2D eigenvalue weighted by Crippen LogP contribution is -2.07. The van der Waals surface area contributed by atoms with Crippen molar-refractivity contribution in [3.8, 4) is 0 Å². The molecular weight excluding hydrogens is 248 g/mol. The number of nitro groups is 1. The van der Waals surface area contributed by atoms with E-state index in [-0.39, 0.29) is 19.2 Å². The summed E-state index contributed by atoms with van der Waals surface area (Å²) in [4.78, 5) is 14.1. The van der Waals surface area contributed by atoms with Gasteiger partial charge in [0.1, 0.15) is 11.9 Å². The Balaban J connectivity index is 0.00000128. The van der Waals surface area contributed by atoms with Gasteiger partial charge in [-0.05, 0) is 6.07 Å². The van der Waals surface area contributed by atoms with Gasteiger partial charge >= 0.3 is 5.69 Å². The molecule has 0 unspecified atom stereocenters. The molecule has 0 aliphatic carbocycles. The van der Waals surface area contributed by atoms with Crippen molar-refractivity contribution < 1.29 is 4.92 Å². The van der Waals surface area contributed by atoms with E-state index in [2.05, 4.69) is 4.98 Å². The summed E-state index contributed by atoms with van der Waals surface area (Å²) in [5.41, 5.74) is 0.533. The Morgan fingerprint density at radius 3 is 2.81 bits per heavy atom. The molecule has 0 atom stereocenters. The molecular formula is C8H10N4O2S2. The van der Waals surface area contributed by atoms with Gasteiger partial charge in [-0.25, -0.2) is 0 Å². The molecule has 16 heavy (non-hydrogen) atoms. The van der Waals surface area contributed by atoms with E-state index in [1.807, 2.05) is 17.6 Å². The van der Waals surface area contributed by atoms with Crippen molar-refractivity contribution in [1.82, 2.24) is 9.29 Å². The van der Waals surface area contributed by atoms with Crippen LogP contribution < -0.4 is 4.31 Å². The zero-order valence-corrected chi connectivity index (χ0v) is 10.2. The van der Waals surface area contributed by atoms with Crippen LogP contribution in [0.5, 0.6) is 0 Å². The molecule has 0 saturated carbocycles. The number of hydrogen-bond acceptors (Lipinski definition) is 6. The van der Waals surface area contributed by atoms with E-state index in [0.29, 0.717) is 5.69 Å². The molecule has 0 N–H and O–H groups in total. The van der Waals surface area contributed by atoms with E-state index in [0.717, 1.165) is 0 Å². The van der Waals surface area contributed by atoms with Crippen LogP contribution in [0.15, 0.2) is 30.9 Å². The largest absolute Gasteiger partial charge is 0.311 e. The van der Waals surface area contributed by atoms with Crippen LogP contribution in [-0.2, 0) is 0 Å². The van der Waals surface area contributed by atoms with Crippen molar-refractivity contribution in [3.05, 3.63) is 41.0 Å². The van der Waals surface area contributed by atoms with Gasteiger partial charge in [0.15, 0.2) is 0 Å². The summed E-state index contributed by atoms with van der Waals surface area (Å²) in [5, 5.41) is 10.8. The van der Waals surface area contributed by atoms with Gasteiger partial charge in [-0.2, -0.15) is 13.5 Å². The molecule has 0 fully saturated rings. The maximum Gasteiger partial charge on any atom is 0.311 e. The first-order valence-electron chi connectivity index (χ1n) is 4.15. The minimum absolute atomic E-state index is 0. The molecule has 0 amide bonds. The second-order valence-corrected chi connectivity index (χ2v) is 4.01. The third-order valence-corrected chi connectivity index (χ3v) is 2.71. The van der Waals surface area contributed by atoms with Gasteiger partial charge in [-0.3, -0.25) is 19.4 Å². The van der Waals surface area contributed by atoms with Gasteiger partial charge in [-0.1, -0.05) is 0 Å². The average Bonchev–Trinajstić information content (AvgIpc) is 2.65. The monoisotopic (exact) mass is 258 g/mol. The number of aromatic nitrogens is 1. The van der Waals surface area contributed by atoms with Crippen LogP contribution in [0.4, 0.5) is 11.4 Å². The van der Waals surface area contributed by atoms with Gasteiger partial charge < -0.3 is 4.31 Å². The summed E-state index contributed by atoms with van der Waals surface area (Å²) < 4.78 is 3.57. The lowest BCUT2D eigenvalue weighted by atomic mass is 10.3. The molecule has 0 radical (unpaired) electrons. The van der Waals surface area contributed by atoms with Gasteiger partial charge in [0.2, 0.25) is 0 Å². The summed E-state index contributed by atoms with van der Waals surface area (Å²) in [6.45, 7) is 0. The fourth-order valence-corrected chi connectivity index (χ4v) is 1.92. The van der Waals surface area contributed by atoms with E-state index in [4.69, 9.17) is 0 Å². The van der Waals surface area contributed by atoms with Crippen LogP contribution in [0.25, 0.3) is 0 Å². The summed E-state index contributed by atoms with van der Waals surface area (Å²) in [6, 6.07) is 1.62. The zero-order valence-electron chi connectivity index (χ0n) is 8.40. The number of anilines is 1. The maximum absolute atomic E-state index is 10.8. The number of nitrogens with zero attached hydrogens (tertiary/aromatic N) is 4. The second-order valence-electron chi connectivity index (χ2n) is 2.87. The summed E-state index contributed by atoms with van der Waals surface area (Å²) >= 11 is 1.37. The Morgan fingerprint density at radius 1 is 1.50 bits per heavy atom. The van der Waals surface area contributed by atoms with E-state index >= 15 is 0 Å². The second kappa shape index (κ2) is 5.08. The van der Waals surface area contributed by atoms with Gasteiger partial charge in [0.05, 0.1) is 17.1 Å². The SMILES string of the molecule is CN1C=CN(c2ccncc2[N+](=O)[O-])S1.S. The fourth-order valence-electron chi connectivity index (χ4n) is 1.18. The Bertz CT molecular complexity index is 426. The summed E-state index contributed by atoms with van der Waals surface area (Å²) in [5.74, 6) is 0. The third-order valence-electron chi connectivity index (χ3n) is 1.84. The van der Waals surface area contributed by atoms with E-state index < -0.39 is 4.92 Å². The molecule has 1 aliphatic rings.